The number of nitrogen functional groups attached to an aromatic ring is 1. The highest BCUT2D eigenvalue weighted by Gasteiger charge is 2.06. The lowest BCUT2D eigenvalue weighted by Gasteiger charge is -2.06. The van der Waals surface area contributed by atoms with Gasteiger partial charge in [0.25, 0.3) is 0 Å². The first-order valence-corrected chi connectivity index (χ1v) is 6.53. The van der Waals surface area contributed by atoms with Crippen molar-refractivity contribution >= 4 is 11.6 Å². The maximum atomic E-state index is 11.7. The Hall–Kier alpha value is -1.77. The Morgan fingerprint density at radius 1 is 1.28 bits per heavy atom. The van der Waals surface area contributed by atoms with Gasteiger partial charge in [0.05, 0.1) is 6.42 Å². The van der Waals surface area contributed by atoms with Crippen LogP contribution in [0.1, 0.15) is 31.2 Å². The first-order chi connectivity index (χ1) is 8.74. The zero-order valence-corrected chi connectivity index (χ0v) is 10.6. The average Bonchev–Trinajstić information content (AvgIpc) is 2.85. The van der Waals surface area contributed by atoms with Crippen molar-refractivity contribution in [3.8, 4) is 0 Å². The van der Waals surface area contributed by atoms with Crippen molar-refractivity contribution in [2.45, 2.75) is 32.1 Å². The highest BCUT2D eigenvalue weighted by atomic mass is 16.1. The van der Waals surface area contributed by atoms with Gasteiger partial charge in [-0.15, -0.1) is 0 Å². The van der Waals surface area contributed by atoms with Crippen LogP contribution in [0, 0.1) is 0 Å². The van der Waals surface area contributed by atoms with E-state index in [1.54, 1.807) is 0 Å². The predicted molar refractivity (Wildman–Crippen MR) is 74.1 cm³/mol. The van der Waals surface area contributed by atoms with Crippen LogP contribution in [0.3, 0.4) is 0 Å². The molecule has 96 valence electrons. The summed E-state index contributed by atoms with van der Waals surface area (Å²) < 4.78 is 0. The fraction of sp³-hybridized carbons (Fsp3) is 0.400. The van der Waals surface area contributed by atoms with Crippen LogP contribution in [-0.4, -0.2) is 12.5 Å². The van der Waals surface area contributed by atoms with E-state index in [1.807, 2.05) is 24.3 Å². The molecule has 1 aromatic rings. The van der Waals surface area contributed by atoms with E-state index in [-0.39, 0.29) is 5.91 Å². The molecule has 0 unspecified atom stereocenters. The number of hydrogen-bond acceptors (Lipinski definition) is 2. The molecule has 0 saturated carbocycles. The number of hydrogen-bond donors (Lipinski definition) is 2. The molecule has 0 fully saturated rings. The SMILES string of the molecule is Nc1ccc(CC(=O)NCCC2=CCCC2)cc1. The van der Waals surface area contributed by atoms with Crippen LogP contribution in [-0.2, 0) is 11.2 Å². The lowest BCUT2D eigenvalue weighted by atomic mass is 10.1. The molecule has 1 amide bonds. The van der Waals surface area contributed by atoms with Crippen molar-refractivity contribution in [2.24, 2.45) is 0 Å². The maximum absolute atomic E-state index is 11.7. The topological polar surface area (TPSA) is 55.1 Å². The number of rotatable bonds is 5. The second kappa shape index (κ2) is 6.24. The molecule has 3 nitrogen and oxygen atoms in total. The molecular formula is C15H20N2O. The van der Waals surface area contributed by atoms with Crippen LogP contribution in [0.15, 0.2) is 35.9 Å². The summed E-state index contributed by atoms with van der Waals surface area (Å²) in [6.07, 6.45) is 7.40. The van der Waals surface area contributed by atoms with Crippen LogP contribution in [0.5, 0.6) is 0 Å². The van der Waals surface area contributed by atoms with E-state index in [0.717, 1.165) is 24.2 Å². The summed E-state index contributed by atoms with van der Waals surface area (Å²) in [5, 5.41) is 2.96. The third-order valence-electron chi connectivity index (χ3n) is 3.25. The molecule has 0 bridgehead atoms. The summed E-state index contributed by atoms with van der Waals surface area (Å²) >= 11 is 0. The number of carbonyl (C=O) groups excluding carboxylic acids is 1. The standard InChI is InChI=1S/C15H20N2O/c16-14-7-5-13(6-8-14)11-15(18)17-10-9-12-3-1-2-4-12/h3,5-8H,1-2,4,9-11,16H2,(H,17,18). The second-order valence-electron chi connectivity index (χ2n) is 4.77. The summed E-state index contributed by atoms with van der Waals surface area (Å²) in [5.74, 6) is 0.0818. The largest absolute Gasteiger partial charge is 0.399 e. The summed E-state index contributed by atoms with van der Waals surface area (Å²) in [6.45, 7) is 0.750. The Morgan fingerprint density at radius 2 is 2.06 bits per heavy atom. The van der Waals surface area contributed by atoms with Gasteiger partial charge in [-0.2, -0.15) is 0 Å². The van der Waals surface area contributed by atoms with E-state index in [0.29, 0.717) is 6.42 Å². The minimum absolute atomic E-state index is 0.0818. The van der Waals surface area contributed by atoms with Crippen LogP contribution >= 0.6 is 0 Å². The fourth-order valence-electron chi connectivity index (χ4n) is 2.21. The van der Waals surface area contributed by atoms with Crippen molar-refractivity contribution in [3.05, 3.63) is 41.5 Å². The number of benzene rings is 1. The highest BCUT2D eigenvalue weighted by molar-refractivity contribution is 5.78. The zero-order valence-electron chi connectivity index (χ0n) is 10.6. The molecule has 2 rings (SSSR count). The molecule has 0 saturated heterocycles. The molecule has 0 atom stereocenters. The van der Waals surface area contributed by atoms with Crippen molar-refractivity contribution in [3.63, 3.8) is 0 Å². The fourth-order valence-corrected chi connectivity index (χ4v) is 2.21. The predicted octanol–water partition coefficient (Wildman–Crippen LogP) is 2.43. The van der Waals surface area contributed by atoms with Crippen LogP contribution < -0.4 is 11.1 Å². The summed E-state index contributed by atoms with van der Waals surface area (Å²) in [7, 11) is 0. The van der Waals surface area contributed by atoms with E-state index in [9.17, 15) is 4.79 Å². The first-order valence-electron chi connectivity index (χ1n) is 6.53. The number of carbonyl (C=O) groups is 1. The molecule has 0 aliphatic heterocycles. The Balaban J connectivity index is 1.70. The van der Waals surface area contributed by atoms with Gasteiger partial charge in [-0.1, -0.05) is 23.8 Å². The molecule has 1 aromatic carbocycles. The lowest BCUT2D eigenvalue weighted by Crippen LogP contribution is -2.26. The van der Waals surface area contributed by atoms with Crippen molar-refractivity contribution in [2.75, 3.05) is 12.3 Å². The van der Waals surface area contributed by atoms with E-state index in [2.05, 4.69) is 11.4 Å². The van der Waals surface area contributed by atoms with E-state index in [1.165, 1.54) is 24.8 Å². The number of allylic oxidation sites excluding steroid dienone is 1. The molecule has 0 spiro atoms. The maximum Gasteiger partial charge on any atom is 0.224 e. The Labute approximate surface area is 108 Å². The smallest absolute Gasteiger partial charge is 0.224 e. The van der Waals surface area contributed by atoms with E-state index in [4.69, 9.17) is 5.73 Å². The molecule has 3 N–H and O–H groups in total. The van der Waals surface area contributed by atoms with E-state index >= 15 is 0 Å². The van der Waals surface area contributed by atoms with Crippen LogP contribution in [0.25, 0.3) is 0 Å². The van der Waals surface area contributed by atoms with Gasteiger partial charge in [-0.05, 0) is 43.4 Å². The minimum Gasteiger partial charge on any atom is -0.399 e. The number of anilines is 1. The molecule has 3 heteroatoms. The van der Waals surface area contributed by atoms with Gasteiger partial charge in [0.2, 0.25) is 5.91 Å². The highest BCUT2D eigenvalue weighted by Crippen LogP contribution is 2.19. The molecule has 1 aliphatic carbocycles. The monoisotopic (exact) mass is 244 g/mol. The van der Waals surface area contributed by atoms with Gasteiger partial charge < -0.3 is 11.1 Å². The quantitative estimate of drug-likeness (QED) is 0.617. The summed E-state index contributed by atoms with van der Waals surface area (Å²) in [5.41, 5.74) is 8.82. The average molecular weight is 244 g/mol. The first kappa shape index (κ1) is 12.7. The second-order valence-corrected chi connectivity index (χ2v) is 4.77. The van der Waals surface area contributed by atoms with Crippen molar-refractivity contribution < 1.29 is 4.79 Å². The molecule has 0 heterocycles. The molecule has 0 aromatic heterocycles. The molecule has 0 radical (unpaired) electrons. The third kappa shape index (κ3) is 3.91. The van der Waals surface area contributed by atoms with Gasteiger partial charge in [-0.3, -0.25) is 4.79 Å². The lowest BCUT2D eigenvalue weighted by molar-refractivity contribution is -0.120. The van der Waals surface area contributed by atoms with Gasteiger partial charge in [0.1, 0.15) is 0 Å². The van der Waals surface area contributed by atoms with Gasteiger partial charge in [-0.25, -0.2) is 0 Å². The van der Waals surface area contributed by atoms with Crippen molar-refractivity contribution in [1.29, 1.82) is 0 Å². The zero-order chi connectivity index (χ0) is 12.8. The summed E-state index contributed by atoms with van der Waals surface area (Å²) in [6, 6.07) is 7.45. The molecule has 18 heavy (non-hydrogen) atoms. The van der Waals surface area contributed by atoms with Gasteiger partial charge >= 0.3 is 0 Å². The van der Waals surface area contributed by atoms with Crippen LogP contribution in [0.4, 0.5) is 5.69 Å². The molecular weight excluding hydrogens is 224 g/mol. The third-order valence-corrected chi connectivity index (χ3v) is 3.25. The van der Waals surface area contributed by atoms with E-state index < -0.39 is 0 Å². The minimum atomic E-state index is 0.0818. The Kier molecular flexibility index (Phi) is 4.40. The Morgan fingerprint density at radius 3 is 2.72 bits per heavy atom. The van der Waals surface area contributed by atoms with Gasteiger partial charge in [0, 0.05) is 12.2 Å². The van der Waals surface area contributed by atoms with Crippen LogP contribution in [0.2, 0.25) is 0 Å². The Bertz CT molecular complexity index is 434. The van der Waals surface area contributed by atoms with Crippen molar-refractivity contribution in [1.82, 2.24) is 5.32 Å². The molecule has 1 aliphatic rings. The number of nitrogens with one attached hydrogen (secondary N) is 1. The number of nitrogens with two attached hydrogens (primary N) is 1. The van der Waals surface area contributed by atoms with Gasteiger partial charge in [0.15, 0.2) is 0 Å². The normalized spacial score (nSPS) is 14.3. The number of amides is 1. The summed E-state index contributed by atoms with van der Waals surface area (Å²) in [4.78, 5) is 11.7.